The zero-order valence-corrected chi connectivity index (χ0v) is 22.1. The van der Waals surface area contributed by atoms with Crippen LogP contribution in [0.5, 0.6) is 11.5 Å². The van der Waals surface area contributed by atoms with E-state index < -0.39 is 10.5 Å². The molecule has 2 heterocycles. The summed E-state index contributed by atoms with van der Waals surface area (Å²) in [6.07, 6.45) is 0.994. The van der Waals surface area contributed by atoms with Crippen LogP contribution in [-0.2, 0) is 0 Å². The number of ether oxygens (including phenoxy) is 2. The highest BCUT2D eigenvalue weighted by atomic mass is 79.9. The maximum absolute atomic E-state index is 13.6. The summed E-state index contributed by atoms with van der Waals surface area (Å²) in [5.41, 5.74) is 0.645. The molecule has 0 saturated carbocycles. The van der Waals surface area contributed by atoms with Gasteiger partial charge in [0.15, 0.2) is 5.76 Å². The van der Waals surface area contributed by atoms with Crippen LogP contribution in [0.25, 0.3) is 33.5 Å². The van der Waals surface area contributed by atoms with Crippen molar-refractivity contribution in [3.8, 4) is 23.1 Å². The van der Waals surface area contributed by atoms with Crippen LogP contribution in [-0.4, -0.2) is 34.0 Å². The molecule has 0 atom stereocenters. The molecule has 5 rings (SSSR count). The summed E-state index contributed by atoms with van der Waals surface area (Å²) < 4.78 is 18.8. The minimum atomic E-state index is -0.531. The zero-order valence-electron chi connectivity index (χ0n) is 20.5. The van der Waals surface area contributed by atoms with Crippen LogP contribution in [0.3, 0.4) is 0 Å². The topological polar surface area (TPSA) is 122 Å². The lowest BCUT2D eigenvalue weighted by Crippen LogP contribution is -2.20. The Kier molecular flexibility index (Phi) is 6.68. The number of benzene rings is 3. The molecule has 5 aromatic rings. The van der Waals surface area contributed by atoms with Gasteiger partial charge < -0.3 is 13.9 Å². The van der Waals surface area contributed by atoms with E-state index >= 15 is 0 Å². The molecule has 0 aliphatic rings. The molecule has 2 aromatic heterocycles. The Morgan fingerprint density at radius 3 is 2.66 bits per heavy atom. The Balaban J connectivity index is 1.75. The second kappa shape index (κ2) is 10.1. The number of nitro groups is 1. The highest BCUT2D eigenvalue weighted by Gasteiger charge is 2.22. The number of rotatable bonds is 7. The molecule has 0 saturated heterocycles. The van der Waals surface area contributed by atoms with E-state index in [4.69, 9.17) is 13.9 Å². The minimum Gasteiger partial charge on any atom is -0.496 e. The van der Waals surface area contributed by atoms with Gasteiger partial charge in [0.25, 0.3) is 5.56 Å². The monoisotopic (exact) mass is 576 g/mol. The van der Waals surface area contributed by atoms with Gasteiger partial charge in [0.1, 0.15) is 11.3 Å². The van der Waals surface area contributed by atoms with Gasteiger partial charge in [-0.15, -0.1) is 0 Å². The van der Waals surface area contributed by atoms with E-state index in [0.717, 1.165) is 4.68 Å². The third kappa shape index (κ3) is 4.63. The van der Waals surface area contributed by atoms with Crippen molar-refractivity contribution in [3.63, 3.8) is 0 Å². The summed E-state index contributed by atoms with van der Waals surface area (Å²) in [6, 6.07) is 17.0. The first-order valence-corrected chi connectivity index (χ1v) is 12.3. The van der Waals surface area contributed by atoms with Crippen LogP contribution in [0.4, 0.5) is 5.69 Å². The average molecular weight is 577 g/mol. The van der Waals surface area contributed by atoms with E-state index in [2.05, 4.69) is 26.0 Å². The van der Waals surface area contributed by atoms with E-state index in [9.17, 15) is 14.9 Å². The molecule has 3 aromatic carbocycles. The van der Waals surface area contributed by atoms with Crippen molar-refractivity contribution in [2.24, 2.45) is 5.10 Å². The number of para-hydroxylation sites is 1. The first kappa shape index (κ1) is 25.2. The summed E-state index contributed by atoms with van der Waals surface area (Å²) in [5.74, 6) is 1.09. The minimum absolute atomic E-state index is 0.0359. The third-order valence-electron chi connectivity index (χ3n) is 5.64. The highest BCUT2D eigenvalue weighted by molar-refractivity contribution is 9.10. The van der Waals surface area contributed by atoms with Gasteiger partial charge in [0, 0.05) is 16.1 Å². The average Bonchev–Trinajstić information content (AvgIpc) is 3.33. The molecular weight excluding hydrogens is 556 g/mol. The first-order valence-electron chi connectivity index (χ1n) is 11.5. The fourth-order valence-corrected chi connectivity index (χ4v) is 4.49. The molecule has 0 aliphatic carbocycles. The molecule has 11 heteroatoms. The normalized spacial score (nSPS) is 11.6. The maximum Gasteiger partial charge on any atom is 0.312 e. The summed E-state index contributed by atoms with van der Waals surface area (Å²) in [6.45, 7) is 3.52. The molecule has 0 unspecified atom stereocenters. The molecule has 0 amide bonds. The summed E-state index contributed by atoms with van der Waals surface area (Å²) >= 11 is 3.31. The van der Waals surface area contributed by atoms with Gasteiger partial charge in [0.05, 0.1) is 40.6 Å². The number of halogens is 1. The van der Waals surface area contributed by atoms with Crippen molar-refractivity contribution in [1.82, 2.24) is 9.66 Å². The second-order valence-electron chi connectivity index (χ2n) is 8.56. The maximum atomic E-state index is 13.6. The van der Waals surface area contributed by atoms with Gasteiger partial charge >= 0.3 is 5.69 Å². The fraction of sp³-hybridized carbons (Fsp3) is 0.148. The molecule has 38 heavy (non-hydrogen) atoms. The number of nitrogens with zero attached hydrogens (tertiary/aromatic N) is 4. The molecule has 10 nitrogen and oxygen atoms in total. The SMILES string of the molecule is COc1cccc2oc(-c3nc4ccccc4c(=O)n3N=Cc3cc(Br)cc([N+](=O)[O-])c3OC(C)C)cc12. The predicted molar refractivity (Wildman–Crippen MR) is 147 cm³/mol. The smallest absolute Gasteiger partial charge is 0.312 e. The number of furan rings is 1. The molecule has 0 fully saturated rings. The Hall–Kier alpha value is -4.51. The van der Waals surface area contributed by atoms with E-state index in [1.165, 1.54) is 12.3 Å². The van der Waals surface area contributed by atoms with Gasteiger partial charge in [-0.3, -0.25) is 14.9 Å². The van der Waals surface area contributed by atoms with Gasteiger partial charge in [0.2, 0.25) is 11.6 Å². The lowest BCUT2D eigenvalue weighted by atomic mass is 10.2. The second-order valence-corrected chi connectivity index (χ2v) is 9.48. The largest absolute Gasteiger partial charge is 0.496 e. The van der Waals surface area contributed by atoms with Crippen molar-refractivity contribution >= 4 is 49.7 Å². The van der Waals surface area contributed by atoms with Crippen molar-refractivity contribution in [2.75, 3.05) is 7.11 Å². The molecule has 0 aliphatic heterocycles. The van der Waals surface area contributed by atoms with Crippen molar-refractivity contribution < 1.29 is 18.8 Å². The Morgan fingerprint density at radius 2 is 1.92 bits per heavy atom. The number of nitro benzene ring substituents is 1. The van der Waals surface area contributed by atoms with Gasteiger partial charge in [-0.2, -0.15) is 9.78 Å². The summed E-state index contributed by atoms with van der Waals surface area (Å²) in [4.78, 5) is 29.5. The number of aromatic nitrogens is 2. The van der Waals surface area contributed by atoms with Crippen LogP contribution in [0.2, 0.25) is 0 Å². The molecule has 0 bridgehead atoms. The van der Waals surface area contributed by atoms with Gasteiger partial charge in [-0.25, -0.2) is 4.98 Å². The van der Waals surface area contributed by atoms with E-state index in [-0.39, 0.29) is 23.4 Å². The Morgan fingerprint density at radius 1 is 1.13 bits per heavy atom. The molecule has 0 N–H and O–H groups in total. The van der Waals surface area contributed by atoms with Gasteiger partial charge in [-0.05, 0) is 50.2 Å². The van der Waals surface area contributed by atoms with Gasteiger partial charge in [-0.1, -0.05) is 34.1 Å². The molecular formula is C27H21BrN4O6. The van der Waals surface area contributed by atoms with Crippen LogP contribution in [0, 0.1) is 10.1 Å². The molecule has 192 valence electrons. The number of fused-ring (bicyclic) bond motifs is 2. The van der Waals surface area contributed by atoms with Crippen LogP contribution in [0.1, 0.15) is 19.4 Å². The van der Waals surface area contributed by atoms with Crippen LogP contribution < -0.4 is 15.0 Å². The number of hydrogen-bond donors (Lipinski definition) is 0. The molecule has 0 radical (unpaired) electrons. The van der Waals surface area contributed by atoms with E-state index in [1.807, 2.05) is 0 Å². The van der Waals surface area contributed by atoms with Crippen molar-refractivity contribution in [2.45, 2.75) is 20.0 Å². The Bertz CT molecular complexity index is 1790. The summed E-state index contributed by atoms with van der Waals surface area (Å²) in [7, 11) is 1.56. The fourth-order valence-electron chi connectivity index (χ4n) is 4.03. The predicted octanol–water partition coefficient (Wildman–Crippen LogP) is 6.16. The van der Waals surface area contributed by atoms with Crippen LogP contribution in [0.15, 0.2) is 79.4 Å². The van der Waals surface area contributed by atoms with Crippen molar-refractivity contribution in [3.05, 3.63) is 91.2 Å². The third-order valence-corrected chi connectivity index (χ3v) is 6.10. The van der Waals surface area contributed by atoms with Crippen molar-refractivity contribution in [1.29, 1.82) is 0 Å². The lowest BCUT2D eigenvalue weighted by molar-refractivity contribution is -0.386. The Labute approximate surface area is 224 Å². The first-order chi connectivity index (χ1) is 18.3. The van der Waals surface area contributed by atoms with E-state index in [1.54, 1.807) is 75.6 Å². The number of hydrogen-bond acceptors (Lipinski definition) is 8. The zero-order chi connectivity index (χ0) is 27.0. The summed E-state index contributed by atoms with van der Waals surface area (Å²) in [5, 5.41) is 17.2. The lowest BCUT2D eigenvalue weighted by Gasteiger charge is -2.13. The number of methoxy groups -OCH3 is 1. The van der Waals surface area contributed by atoms with E-state index in [0.29, 0.717) is 43.4 Å². The standard InChI is InChI=1S/C27H21BrN4O6/c1-15(2)37-25-16(11-17(28)12-21(25)32(34)35)14-29-31-26(30-20-8-5-4-7-18(20)27(31)33)24-13-19-22(36-3)9-6-10-23(19)38-24/h4-15H,1-3H3. The highest BCUT2D eigenvalue weighted by Crippen LogP contribution is 2.35. The quantitative estimate of drug-likeness (QED) is 0.129. The van der Waals surface area contributed by atoms with Crippen LogP contribution >= 0.6 is 15.9 Å². The molecule has 0 spiro atoms.